The van der Waals surface area contributed by atoms with Crippen LogP contribution in [0, 0.1) is 5.41 Å². The summed E-state index contributed by atoms with van der Waals surface area (Å²) in [7, 11) is 0. The molecule has 2 heteroatoms. The molecule has 15 heavy (non-hydrogen) atoms. The van der Waals surface area contributed by atoms with Gasteiger partial charge < -0.3 is 10.3 Å². The Balaban J connectivity index is 1.98. The van der Waals surface area contributed by atoms with Gasteiger partial charge in [0.2, 0.25) is 0 Å². The van der Waals surface area contributed by atoms with Crippen LogP contribution in [0.1, 0.15) is 56.5 Å². The lowest BCUT2D eigenvalue weighted by molar-refractivity contribution is 0.500. The summed E-state index contributed by atoms with van der Waals surface area (Å²) in [6, 6.07) is 3.26. The van der Waals surface area contributed by atoms with E-state index < -0.39 is 0 Å². The summed E-state index contributed by atoms with van der Waals surface area (Å²) in [5, 5.41) is 0. The molecule has 1 heterocycles. The summed E-state index contributed by atoms with van der Waals surface area (Å²) >= 11 is 0. The Bertz CT molecular complexity index is 389. The Labute approximate surface area is 91.5 Å². The first kappa shape index (κ1) is 9.46. The van der Waals surface area contributed by atoms with Gasteiger partial charge in [0.05, 0.1) is 0 Å². The van der Waals surface area contributed by atoms with Gasteiger partial charge in [-0.25, -0.2) is 0 Å². The molecule has 0 aliphatic heterocycles. The van der Waals surface area contributed by atoms with Crippen LogP contribution in [-0.2, 0) is 6.42 Å². The van der Waals surface area contributed by atoms with Crippen molar-refractivity contribution < 1.29 is 0 Å². The highest BCUT2D eigenvalue weighted by Crippen LogP contribution is 2.56. The van der Waals surface area contributed by atoms with E-state index in [9.17, 15) is 0 Å². The second-order valence-corrected chi connectivity index (χ2v) is 5.83. The SMILES string of the molecule is CC1(C)CC1n1ccc2c1CCCC2N. The van der Waals surface area contributed by atoms with E-state index in [1.165, 1.54) is 30.5 Å². The van der Waals surface area contributed by atoms with Crippen molar-refractivity contribution in [3.05, 3.63) is 23.5 Å². The zero-order chi connectivity index (χ0) is 10.6. The minimum atomic E-state index is 0.289. The van der Waals surface area contributed by atoms with Crippen LogP contribution in [0.4, 0.5) is 0 Å². The van der Waals surface area contributed by atoms with Gasteiger partial charge in [-0.3, -0.25) is 0 Å². The Kier molecular flexibility index (Phi) is 1.82. The topological polar surface area (TPSA) is 30.9 Å². The van der Waals surface area contributed by atoms with E-state index in [0.29, 0.717) is 5.41 Å². The Hall–Kier alpha value is -0.760. The third-order valence-electron chi connectivity index (χ3n) is 4.18. The second kappa shape index (κ2) is 2.88. The second-order valence-electron chi connectivity index (χ2n) is 5.83. The van der Waals surface area contributed by atoms with E-state index in [-0.39, 0.29) is 6.04 Å². The van der Waals surface area contributed by atoms with Crippen LogP contribution in [0.15, 0.2) is 12.3 Å². The molecule has 0 amide bonds. The summed E-state index contributed by atoms with van der Waals surface area (Å²) < 4.78 is 2.49. The van der Waals surface area contributed by atoms with E-state index >= 15 is 0 Å². The monoisotopic (exact) mass is 204 g/mol. The molecule has 1 saturated carbocycles. The van der Waals surface area contributed by atoms with Crippen molar-refractivity contribution in [2.75, 3.05) is 0 Å². The van der Waals surface area contributed by atoms with Gasteiger partial charge in [-0.15, -0.1) is 0 Å². The highest BCUT2D eigenvalue weighted by molar-refractivity contribution is 5.30. The molecule has 1 aromatic rings. The summed E-state index contributed by atoms with van der Waals surface area (Å²) in [6.45, 7) is 4.71. The number of nitrogens with two attached hydrogens (primary N) is 1. The van der Waals surface area contributed by atoms with Gasteiger partial charge in [0.1, 0.15) is 0 Å². The first-order valence-electron chi connectivity index (χ1n) is 6.05. The number of aromatic nitrogens is 1. The van der Waals surface area contributed by atoms with Crippen LogP contribution in [0.2, 0.25) is 0 Å². The molecular weight excluding hydrogens is 184 g/mol. The molecule has 0 bridgehead atoms. The molecule has 2 atom stereocenters. The lowest BCUT2D eigenvalue weighted by atomic mass is 9.93. The molecule has 0 spiro atoms. The third-order valence-corrected chi connectivity index (χ3v) is 4.18. The van der Waals surface area contributed by atoms with Crippen molar-refractivity contribution in [1.82, 2.24) is 4.57 Å². The highest BCUT2D eigenvalue weighted by atomic mass is 15.1. The molecule has 2 nitrogen and oxygen atoms in total. The Morgan fingerprint density at radius 3 is 2.87 bits per heavy atom. The fourth-order valence-corrected chi connectivity index (χ4v) is 2.96. The molecular formula is C13H20N2. The average molecular weight is 204 g/mol. The third kappa shape index (κ3) is 1.35. The van der Waals surface area contributed by atoms with Crippen molar-refractivity contribution in [3.63, 3.8) is 0 Å². The standard InChI is InChI=1S/C13H20N2/c1-13(2)8-12(13)15-7-6-9-10(14)4-3-5-11(9)15/h6-7,10,12H,3-5,8,14H2,1-2H3. The van der Waals surface area contributed by atoms with Crippen molar-refractivity contribution in [1.29, 1.82) is 0 Å². The number of hydrogen-bond acceptors (Lipinski definition) is 1. The fraction of sp³-hybridized carbons (Fsp3) is 0.692. The molecule has 82 valence electrons. The van der Waals surface area contributed by atoms with Crippen LogP contribution >= 0.6 is 0 Å². The van der Waals surface area contributed by atoms with Gasteiger partial charge in [-0.1, -0.05) is 13.8 Å². The van der Waals surface area contributed by atoms with E-state index in [1.807, 2.05) is 0 Å². The maximum atomic E-state index is 6.13. The number of hydrogen-bond donors (Lipinski definition) is 1. The highest BCUT2D eigenvalue weighted by Gasteiger charge is 2.47. The quantitative estimate of drug-likeness (QED) is 0.749. The fourth-order valence-electron chi connectivity index (χ4n) is 2.96. The lowest BCUT2D eigenvalue weighted by Gasteiger charge is -2.21. The van der Waals surface area contributed by atoms with Gasteiger partial charge in [-0.2, -0.15) is 0 Å². The van der Waals surface area contributed by atoms with Crippen molar-refractivity contribution >= 4 is 0 Å². The van der Waals surface area contributed by atoms with Crippen LogP contribution in [0.3, 0.4) is 0 Å². The van der Waals surface area contributed by atoms with E-state index in [0.717, 1.165) is 12.5 Å². The summed E-state index contributed by atoms with van der Waals surface area (Å²) in [6.07, 6.45) is 7.22. The zero-order valence-corrected chi connectivity index (χ0v) is 9.66. The molecule has 2 unspecified atom stereocenters. The van der Waals surface area contributed by atoms with E-state index in [4.69, 9.17) is 5.73 Å². The lowest BCUT2D eigenvalue weighted by Crippen LogP contribution is -2.18. The minimum absolute atomic E-state index is 0.289. The summed E-state index contributed by atoms with van der Waals surface area (Å²) in [5.74, 6) is 0. The first-order chi connectivity index (χ1) is 7.09. The van der Waals surface area contributed by atoms with Gasteiger partial charge >= 0.3 is 0 Å². The maximum Gasteiger partial charge on any atom is 0.0391 e. The van der Waals surface area contributed by atoms with Crippen LogP contribution < -0.4 is 5.73 Å². The number of fused-ring (bicyclic) bond motifs is 1. The van der Waals surface area contributed by atoms with Gasteiger partial charge in [0.25, 0.3) is 0 Å². The molecule has 2 N–H and O–H groups in total. The van der Waals surface area contributed by atoms with Crippen molar-refractivity contribution in [2.45, 2.75) is 51.6 Å². The summed E-state index contributed by atoms with van der Waals surface area (Å²) in [5.41, 5.74) is 9.57. The molecule has 0 saturated heterocycles. The summed E-state index contributed by atoms with van der Waals surface area (Å²) in [4.78, 5) is 0. The molecule has 1 fully saturated rings. The smallest absolute Gasteiger partial charge is 0.0391 e. The molecule has 0 radical (unpaired) electrons. The molecule has 3 rings (SSSR count). The normalized spacial score (nSPS) is 32.5. The largest absolute Gasteiger partial charge is 0.348 e. The minimum Gasteiger partial charge on any atom is -0.348 e. The number of rotatable bonds is 1. The molecule has 1 aromatic heterocycles. The molecule has 2 aliphatic carbocycles. The van der Waals surface area contributed by atoms with E-state index in [2.05, 4.69) is 30.7 Å². The van der Waals surface area contributed by atoms with Gasteiger partial charge in [0.15, 0.2) is 0 Å². The van der Waals surface area contributed by atoms with Crippen LogP contribution in [-0.4, -0.2) is 4.57 Å². The number of nitrogens with zero attached hydrogens (tertiary/aromatic N) is 1. The Morgan fingerprint density at radius 1 is 1.47 bits per heavy atom. The van der Waals surface area contributed by atoms with Gasteiger partial charge in [-0.05, 0) is 42.7 Å². The van der Waals surface area contributed by atoms with E-state index in [1.54, 1.807) is 0 Å². The average Bonchev–Trinajstić information content (AvgIpc) is 2.62. The van der Waals surface area contributed by atoms with Gasteiger partial charge in [0, 0.05) is 24.0 Å². The van der Waals surface area contributed by atoms with Crippen LogP contribution in [0.5, 0.6) is 0 Å². The predicted octanol–water partition coefficient (Wildman–Crippen LogP) is 2.80. The first-order valence-corrected chi connectivity index (χ1v) is 6.05. The Morgan fingerprint density at radius 2 is 2.20 bits per heavy atom. The zero-order valence-electron chi connectivity index (χ0n) is 9.66. The van der Waals surface area contributed by atoms with Crippen molar-refractivity contribution in [3.8, 4) is 0 Å². The predicted molar refractivity (Wildman–Crippen MR) is 61.7 cm³/mol. The van der Waals surface area contributed by atoms with Crippen LogP contribution in [0.25, 0.3) is 0 Å². The molecule has 2 aliphatic rings. The van der Waals surface area contributed by atoms with Crippen molar-refractivity contribution in [2.24, 2.45) is 11.1 Å². The maximum absolute atomic E-state index is 6.13. The molecule has 0 aromatic carbocycles.